The number of benzene rings is 2. The molecular weight excluding hydrogens is 388 g/mol. The van der Waals surface area contributed by atoms with Crippen LogP contribution in [0.5, 0.6) is 0 Å². The van der Waals surface area contributed by atoms with Gasteiger partial charge in [-0.25, -0.2) is 4.79 Å². The van der Waals surface area contributed by atoms with Crippen molar-refractivity contribution in [2.45, 2.75) is 20.8 Å². The van der Waals surface area contributed by atoms with Crippen molar-refractivity contribution in [2.24, 2.45) is 5.10 Å². The van der Waals surface area contributed by atoms with Crippen molar-refractivity contribution in [1.29, 1.82) is 0 Å². The molecule has 0 fully saturated rings. The summed E-state index contributed by atoms with van der Waals surface area (Å²) in [5.41, 5.74) is 4.56. The number of methoxy groups -OCH3 is 1. The third kappa shape index (κ3) is 5.99. The fraction of sp³-hybridized carbons (Fsp3) is 0.190. The zero-order chi connectivity index (χ0) is 22.3. The van der Waals surface area contributed by atoms with Gasteiger partial charge < -0.3 is 15.4 Å². The van der Waals surface area contributed by atoms with Crippen molar-refractivity contribution >= 4 is 46.3 Å². The molecule has 2 rings (SSSR count). The van der Waals surface area contributed by atoms with Gasteiger partial charge in [-0.2, -0.15) is 5.10 Å². The van der Waals surface area contributed by atoms with Crippen LogP contribution in [0, 0.1) is 6.92 Å². The second-order valence-corrected chi connectivity index (χ2v) is 6.38. The summed E-state index contributed by atoms with van der Waals surface area (Å²) >= 11 is 0. The summed E-state index contributed by atoms with van der Waals surface area (Å²) in [5.74, 6) is -2.09. The lowest BCUT2D eigenvalue weighted by Gasteiger charge is -2.10. The number of nitrogens with zero attached hydrogens (tertiary/aromatic N) is 1. The van der Waals surface area contributed by atoms with Gasteiger partial charge >= 0.3 is 5.97 Å². The molecule has 2 aromatic rings. The van der Waals surface area contributed by atoms with Crippen LogP contribution < -0.4 is 16.1 Å². The molecule has 2 aromatic carbocycles. The third-order valence-corrected chi connectivity index (χ3v) is 3.88. The van der Waals surface area contributed by atoms with Crippen molar-refractivity contribution in [1.82, 2.24) is 0 Å². The van der Waals surface area contributed by atoms with Gasteiger partial charge in [0.25, 0.3) is 5.91 Å². The molecule has 9 heteroatoms. The summed E-state index contributed by atoms with van der Waals surface area (Å²) < 4.78 is 4.73. The summed E-state index contributed by atoms with van der Waals surface area (Å²) in [7, 11) is 1.25. The van der Waals surface area contributed by atoms with Crippen LogP contribution in [0.3, 0.4) is 0 Å². The first kappa shape index (κ1) is 22.3. The standard InChI is InChI=1S/C21H22N4O5/c1-12-5-10-17(21(29)30-4)18(11-12)24-25-19(13(2)26)20(28)23-16-8-6-15(7-9-16)22-14(3)27/h5-11,24H,1-4H3,(H,22,27)(H,23,28)/b25-19-. The molecule has 9 nitrogen and oxygen atoms in total. The summed E-state index contributed by atoms with van der Waals surface area (Å²) in [6, 6.07) is 11.3. The van der Waals surface area contributed by atoms with Crippen LogP contribution >= 0.6 is 0 Å². The highest BCUT2D eigenvalue weighted by Crippen LogP contribution is 2.19. The Morgan fingerprint density at radius 2 is 1.50 bits per heavy atom. The van der Waals surface area contributed by atoms with E-state index in [0.717, 1.165) is 5.56 Å². The Morgan fingerprint density at radius 3 is 2.03 bits per heavy atom. The first-order valence-corrected chi connectivity index (χ1v) is 8.94. The number of ether oxygens (including phenoxy) is 1. The molecule has 0 aliphatic heterocycles. The molecule has 0 spiro atoms. The number of hydrogen-bond donors (Lipinski definition) is 3. The monoisotopic (exact) mass is 410 g/mol. The molecule has 0 aromatic heterocycles. The predicted molar refractivity (Wildman–Crippen MR) is 114 cm³/mol. The Balaban J connectivity index is 2.21. The maximum atomic E-state index is 12.5. The number of ketones is 1. The number of amides is 2. The number of esters is 1. The maximum Gasteiger partial charge on any atom is 0.340 e. The number of rotatable bonds is 7. The average Bonchev–Trinajstić information content (AvgIpc) is 2.68. The molecule has 0 aliphatic carbocycles. The highest BCUT2D eigenvalue weighted by Gasteiger charge is 2.18. The Kier molecular flexibility index (Phi) is 7.40. The largest absolute Gasteiger partial charge is 0.465 e. The normalized spacial score (nSPS) is 10.7. The van der Waals surface area contributed by atoms with E-state index in [9.17, 15) is 19.2 Å². The van der Waals surface area contributed by atoms with E-state index in [1.165, 1.54) is 21.0 Å². The topological polar surface area (TPSA) is 126 Å². The summed E-state index contributed by atoms with van der Waals surface area (Å²) in [6.45, 7) is 4.41. The quantitative estimate of drug-likeness (QED) is 0.279. The molecule has 30 heavy (non-hydrogen) atoms. The number of anilines is 3. The number of aryl methyl sites for hydroxylation is 1. The minimum Gasteiger partial charge on any atom is -0.465 e. The van der Waals surface area contributed by atoms with Crippen molar-refractivity contribution in [3.63, 3.8) is 0 Å². The molecule has 0 unspecified atom stereocenters. The minimum atomic E-state index is -0.727. The van der Waals surface area contributed by atoms with Gasteiger partial charge in [-0.1, -0.05) is 6.07 Å². The van der Waals surface area contributed by atoms with E-state index in [4.69, 9.17) is 4.74 Å². The Hall–Kier alpha value is -4.01. The van der Waals surface area contributed by atoms with Crippen molar-refractivity contribution in [2.75, 3.05) is 23.2 Å². The van der Waals surface area contributed by atoms with Crippen LogP contribution in [-0.2, 0) is 19.1 Å². The lowest BCUT2D eigenvalue weighted by atomic mass is 10.1. The summed E-state index contributed by atoms with van der Waals surface area (Å²) in [6.07, 6.45) is 0. The number of hydrogen-bond acceptors (Lipinski definition) is 7. The van der Waals surface area contributed by atoms with Gasteiger partial charge in [0.05, 0.1) is 18.4 Å². The smallest absolute Gasteiger partial charge is 0.340 e. The fourth-order valence-electron chi connectivity index (χ4n) is 2.47. The maximum absolute atomic E-state index is 12.5. The lowest BCUT2D eigenvalue weighted by Crippen LogP contribution is -2.29. The van der Waals surface area contributed by atoms with Crippen molar-refractivity contribution in [3.8, 4) is 0 Å². The molecule has 2 amide bonds. The van der Waals surface area contributed by atoms with Gasteiger partial charge in [0.2, 0.25) is 5.91 Å². The van der Waals surface area contributed by atoms with Crippen LogP contribution in [0.25, 0.3) is 0 Å². The number of carbonyl (C=O) groups excluding carboxylic acids is 4. The fourth-order valence-corrected chi connectivity index (χ4v) is 2.47. The van der Waals surface area contributed by atoms with E-state index in [2.05, 4.69) is 21.2 Å². The van der Waals surface area contributed by atoms with Crippen LogP contribution in [0.15, 0.2) is 47.6 Å². The summed E-state index contributed by atoms with van der Waals surface area (Å²) in [5, 5.41) is 9.08. The Bertz CT molecular complexity index is 1010. The molecule has 0 atom stereocenters. The molecule has 0 bridgehead atoms. The predicted octanol–water partition coefficient (Wildman–Crippen LogP) is 2.74. The van der Waals surface area contributed by atoms with Crippen LogP contribution in [0.2, 0.25) is 0 Å². The van der Waals surface area contributed by atoms with Crippen molar-refractivity contribution in [3.05, 3.63) is 53.6 Å². The summed E-state index contributed by atoms with van der Waals surface area (Å²) in [4.78, 5) is 47.4. The third-order valence-electron chi connectivity index (χ3n) is 3.88. The highest BCUT2D eigenvalue weighted by atomic mass is 16.5. The Labute approximate surface area is 173 Å². The van der Waals surface area contributed by atoms with Crippen LogP contribution in [0.1, 0.15) is 29.8 Å². The van der Waals surface area contributed by atoms with Crippen LogP contribution in [0.4, 0.5) is 17.1 Å². The van der Waals surface area contributed by atoms with E-state index >= 15 is 0 Å². The minimum absolute atomic E-state index is 0.212. The molecule has 156 valence electrons. The molecular formula is C21H22N4O5. The van der Waals surface area contributed by atoms with Gasteiger partial charge in [-0.05, 0) is 48.9 Å². The average molecular weight is 410 g/mol. The molecule has 0 aliphatic rings. The zero-order valence-corrected chi connectivity index (χ0v) is 17.0. The van der Waals surface area contributed by atoms with Crippen molar-refractivity contribution < 1.29 is 23.9 Å². The second-order valence-electron chi connectivity index (χ2n) is 6.38. The number of hydrazone groups is 1. The van der Waals surface area contributed by atoms with Gasteiger partial charge in [0, 0.05) is 25.2 Å². The second kappa shape index (κ2) is 9.97. The Morgan fingerprint density at radius 1 is 0.900 bits per heavy atom. The van der Waals surface area contributed by atoms with E-state index < -0.39 is 17.7 Å². The van der Waals surface area contributed by atoms with Gasteiger partial charge in [0.1, 0.15) is 0 Å². The molecule has 0 saturated carbocycles. The van der Waals surface area contributed by atoms with Gasteiger partial charge in [-0.15, -0.1) is 0 Å². The number of nitrogens with one attached hydrogen (secondary N) is 3. The number of carbonyl (C=O) groups is 4. The lowest BCUT2D eigenvalue weighted by molar-refractivity contribution is -0.115. The molecule has 0 saturated heterocycles. The van der Waals surface area contributed by atoms with Gasteiger partial charge in [-0.3, -0.25) is 19.8 Å². The molecule has 0 radical (unpaired) electrons. The highest BCUT2D eigenvalue weighted by molar-refractivity contribution is 6.67. The van der Waals surface area contributed by atoms with E-state index in [1.807, 2.05) is 6.92 Å². The van der Waals surface area contributed by atoms with E-state index in [-0.39, 0.29) is 17.2 Å². The first-order valence-electron chi connectivity index (χ1n) is 8.94. The van der Waals surface area contributed by atoms with E-state index in [0.29, 0.717) is 17.1 Å². The first-order chi connectivity index (χ1) is 14.2. The zero-order valence-electron chi connectivity index (χ0n) is 17.0. The molecule has 0 heterocycles. The van der Waals surface area contributed by atoms with Gasteiger partial charge in [0.15, 0.2) is 11.5 Å². The van der Waals surface area contributed by atoms with Crippen LogP contribution in [-0.4, -0.2) is 36.4 Å². The van der Waals surface area contributed by atoms with E-state index in [1.54, 1.807) is 42.5 Å². The SMILES string of the molecule is COC(=O)c1ccc(C)cc1N/N=C(/C(C)=O)C(=O)Nc1ccc(NC(C)=O)cc1. The molecule has 3 N–H and O–H groups in total. The number of Topliss-reactive ketones (excluding diaryl/α,β-unsaturated/α-hetero) is 1.